The summed E-state index contributed by atoms with van der Waals surface area (Å²) in [6, 6.07) is 11.6. The Morgan fingerprint density at radius 2 is 1.76 bits per heavy atom. The van der Waals surface area contributed by atoms with E-state index >= 15 is 0 Å². The van der Waals surface area contributed by atoms with Gasteiger partial charge in [-0.1, -0.05) is 44.4 Å². The van der Waals surface area contributed by atoms with E-state index in [2.05, 4.69) is 12.0 Å². The molecular weight excluding hydrogens is 424 g/mol. The number of carbonyl (C=O) groups excluding carboxylic acids is 2. The van der Waals surface area contributed by atoms with Gasteiger partial charge in [0.1, 0.15) is 13.2 Å². The Bertz CT molecular complexity index is 1230. The third-order valence-electron chi connectivity index (χ3n) is 5.48. The highest BCUT2D eigenvalue weighted by Gasteiger charge is 2.20. The van der Waals surface area contributed by atoms with Crippen LogP contribution >= 0.6 is 0 Å². The fourth-order valence-electron chi connectivity index (χ4n) is 3.73. The lowest BCUT2D eigenvalue weighted by molar-refractivity contribution is 0.0468. The molecule has 1 aliphatic rings. The molecule has 0 aliphatic carbocycles. The summed E-state index contributed by atoms with van der Waals surface area (Å²) in [5.41, 5.74) is 0.132. The molecule has 3 aromatic rings. The number of hydrogen-bond donors (Lipinski definition) is 0. The molecule has 0 bridgehead atoms. The van der Waals surface area contributed by atoms with E-state index in [1.54, 1.807) is 42.5 Å². The minimum Gasteiger partial charge on any atom is -0.486 e. The Morgan fingerprint density at radius 3 is 2.55 bits per heavy atom. The molecule has 2 heterocycles. The SMILES string of the molecule is CCCCCCn1nc(C(=O)OCC(=O)c2ccc3c(c2)OCCO3)c2ccccc2c1=O. The number of esters is 1. The van der Waals surface area contributed by atoms with Gasteiger partial charge >= 0.3 is 5.97 Å². The molecule has 1 aliphatic heterocycles. The number of rotatable bonds is 9. The van der Waals surface area contributed by atoms with Crippen molar-refractivity contribution in [1.29, 1.82) is 0 Å². The molecule has 33 heavy (non-hydrogen) atoms. The van der Waals surface area contributed by atoms with E-state index in [4.69, 9.17) is 14.2 Å². The molecule has 2 aromatic carbocycles. The first-order chi connectivity index (χ1) is 16.1. The van der Waals surface area contributed by atoms with E-state index < -0.39 is 12.6 Å². The summed E-state index contributed by atoms with van der Waals surface area (Å²) >= 11 is 0. The van der Waals surface area contributed by atoms with E-state index in [-0.39, 0.29) is 17.0 Å². The van der Waals surface area contributed by atoms with Crippen LogP contribution in [0.4, 0.5) is 0 Å². The normalized spacial score (nSPS) is 12.5. The topological polar surface area (TPSA) is 96.7 Å². The lowest BCUT2D eigenvalue weighted by Gasteiger charge is -2.18. The maximum atomic E-state index is 12.9. The molecule has 172 valence electrons. The standard InChI is InChI=1S/C25H26N2O6/c1-2-3-4-7-12-27-24(29)19-9-6-5-8-18(19)23(26-27)25(30)33-16-20(28)17-10-11-21-22(15-17)32-14-13-31-21/h5-6,8-11,15H,2-4,7,12-14,16H2,1H3. The van der Waals surface area contributed by atoms with Crippen molar-refractivity contribution in [3.8, 4) is 11.5 Å². The summed E-state index contributed by atoms with van der Waals surface area (Å²) < 4.78 is 17.6. The maximum absolute atomic E-state index is 12.9. The third-order valence-corrected chi connectivity index (χ3v) is 5.48. The summed E-state index contributed by atoms with van der Waals surface area (Å²) in [6.07, 6.45) is 3.91. The minimum absolute atomic E-state index is 0.0238. The van der Waals surface area contributed by atoms with Crippen molar-refractivity contribution in [2.45, 2.75) is 39.2 Å². The molecule has 0 unspecified atom stereocenters. The Labute approximate surface area is 191 Å². The molecule has 4 rings (SSSR count). The van der Waals surface area contributed by atoms with Crippen LogP contribution in [0.15, 0.2) is 47.3 Å². The highest BCUT2D eigenvalue weighted by atomic mass is 16.6. The average molecular weight is 450 g/mol. The zero-order valence-electron chi connectivity index (χ0n) is 18.5. The van der Waals surface area contributed by atoms with E-state index in [9.17, 15) is 14.4 Å². The van der Waals surface area contributed by atoms with Crippen LogP contribution in [-0.4, -0.2) is 41.4 Å². The molecule has 1 aromatic heterocycles. The lowest BCUT2D eigenvalue weighted by atomic mass is 10.1. The first-order valence-corrected chi connectivity index (χ1v) is 11.2. The number of aromatic nitrogens is 2. The number of ketones is 1. The van der Waals surface area contributed by atoms with Crippen LogP contribution in [0.1, 0.15) is 53.5 Å². The number of aryl methyl sites for hydroxylation is 1. The quantitative estimate of drug-likeness (QED) is 0.278. The van der Waals surface area contributed by atoms with Crippen molar-refractivity contribution in [2.75, 3.05) is 19.8 Å². The van der Waals surface area contributed by atoms with E-state index in [1.807, 2.05) is 0 Å². The maximum Gasteiger partial charge on any atom is 0.359 e. The van der Waals surface area contributed by atoms with Crippen molar-refractivity contribution in [1.82, 2.24) is 9.78 Å². The van der Waals surface area contributed by atoms with Crippen molar-refractivity contribution in [3.05, 3.63) is 64.1 Å². The summed E-state index contributed by atoms with van der Waals surface area (Å²) in [6.45, 7) is 2.94. The van der Waals surface area contributed by atoms with Crippen molar-refractivity contribution >= 4 is 22.5 Å². The van der Waals surface area contributed by atoms with Gasteiger partial charge in [-0.2, -0.15) is 5.10 Å². The number of unbranched alkanes of at least 4 members (excludes halogenated alkanes) is 3. The van der Waals surface area contributed by atoms with Gasteiger partial charge < -0.3 is 14.2 Å². The average Bonchev–Trinajstić information content (AvgIpc) is 2.86. The molecule has 8 nitrogen and oxygen atoms in total. The number of hydrogen-bond acceptors (Lipinski definition) is 7. The lowest BCUT2D eigenvalue weighted by Crippen LogP contribution is -2.27. The van der Waals surface area contributed by atoms with Gasteiger partial charge in [0.05, 0.1) is 5.39 Å². The summed E-state index contributed by atoms with van der Waals surface area (Å²) in [4.78, 5) is 38.3. The van der Waals surface area contributed by atoms with Crippen LogP contribution < -0.4 is 15.0 Å². The molecule has 8 heteroatoms. The second kappa shape index (κ2) is 10.3. The van der Waals surface area contributed by atoms with Crippen LogP contribution in [0.5, 0.6) is 11.5 Å². The number of nitrogens with zero attached hydrogens (tertiary/aromatic N) is 2. The molecule has 0 saturated heterocycles. The van der Waals surface area contributed by atoms with Gasteiger partial charge in [0.2, 0.25) is 0 Å². The van der Waals surface area contributed by atoms with Crippen LogP contribution in [0.25, 0.3) is 10.8 Å². The number of Topliss-reactive ketones (excluding diaryl/α,β-unsaturated/α-hetero) is 1. The Balaban J connectivity index is 1.52. The smallest absolute Gasteiger partial charge is 0.359 e. The van der Waals surface area contributed by atoms with Crippen LogP contribution in [0.3, 0.4) is 0 Å². The first-order valence-electron chi connectivity index (χ1n) is 11.2. The van der Waals surface area contributed by atoms with Gasteiger partial charge in [-0.15, -0.1) is 0 Å². The molecule has 0 spiro atoms. The van der Waals surface area contributed by atoms with Gasteiger partial charge in [-0.3, -0.25) is 9.59 Å². The van der Waals surface area contributed by atoms with Gasteiger partial charge in [-0.05, 0) is 30.7 Å². The molecule has 0 radical (unpaired) electrons. The predicted molar refractivity (Wildman–Crippen MR) is 122 cm³/mol. The largest absolute Gasteiger partial charge is 0.486 e. The Kier molecular flexibility index (Phi) is 7.02. The van der Waals surface area contributed by atoms with Crippen LogP contribution in [0, 0.1) is 0 Å². The molecule has 0 N–H and O–H groups in total. The monoisotopic (exact) mass is 450 g/mol. The molecule has 0 atom stereocenters. The fraction of sp³-hybridized carbons (Fsp3) is 0.360. The zero-order chi connectivity index (χ0) is 23.2. The second-order valence-electron chi connectivity index (χ2n) is 7.84. The number of fused-ring (bicyclic) bond motifs is 2. The fourth-order valence-corrected chi connectivity index (χ4v) is 3.73. The minimum atomic E-state index is -0.751. The summed E-state index contributed by atoms with van der Waals surface area (Å²) in [7, 11) is 0. The molecule has 0 amide bonds. The zero-order valence-corrected chi connectivity index (χ0v) is 18.5. The number of ether oxygens (including phenoxy) is 3. The highest BCUT2D eigenvalue weighted by molar-refractivity contribution is 6.04. The van der Waals surface area contributed by atoms with Crippen LogP contribution in [-0.2, 0) is 11.3 Å². The van der Waals surface area contributed by atoms with E-state index in [1.165, 1.54) is 4.68 Å². The molecule has 0 saturated carbocycles. The van der Waals surface area contributed by atoms with Gasteiger partial charge in [0.25, 0.3) is 5.56 Å². The van der Waals surface area contributed by atoms with E-state index in [0.29, 0.717) is 47.6 Å². The van der Waals surface area contributed by atoms with Crippen molar-refractivity contribution in [2.24, 2.45) is 0 Å². The third kappa shape index (κ3) is 5.05. The highest BCUT2D eigenvalue weighted by Crippen LogP contribution is 2.30. The summed E-state index contributed by atoms with van der Waals surface area (Å²) in [5.74, 6) is -0.0650. The van der Waals surface area contributed by atoms with Gasteiger partial charge in [-0.25, -0.2) is 9.48 Å². The molecular formula is C25H26N2O6. The summed E-state index contributed by atoms with van der Waals surface area (Å²) in [5, 5.41) is 5.09. The first kappa shape index (κ1) is 22.5. The van der Waals surface area contributed by atoms with Gasteiger partial charge in [0, 0.05) is 17.5 Å². The van der Waals surface area contributed by atoms with Crippen LogP contribution in [0.2, 0.25) is 0 Å². The second-order valence-corrected chi connectivity index (χ2v) is 7.84. The Morgan fingerprint density at radius 1 is 1.00 bits per heavy atom. The predicted octanol–water partition coefficient (Wildman–Crippen LogP) is 3.79. The molecule has 0 fully saturated rings. The van der Waals surface area contributed by atoms with Gasteiger partial charge in [0.15, 0.2) is 29.6 Å². The van der Waals surface area contributed by atoms with E-state index in [0.717, 1.165) is 25.7 Å². The van der Waals surface area contributed by atoms with Crippen molar-refractivity contribution < 1.29 is 23.8 Å². The number of benzene rings is 2. The number of carbonyl (C=O) groups is 2. The van der Waals surface area contributed by atoms with Crippen molar-refractivity contribution in [3.63, 3.8) is 0 Å². The Hall–Kier alpha value is -3.68.